The van der Waals surface area contributed by atoms with Gasteiger partial charge in [-0.15, -0.1) is 0 Å². The van der Waals surface area contributed by atoms with Crippen molar-refractivity contribution >= 4 is 67.9 Å². The number of esters is 1. The summed E-state index contributed by atoms with van der Waals surface area (Å²) in [5, 5.41) is 60.6. The van der Waals surface area contributed by atoms with E-state index in [1.165, 1.54) is 41.2 Å². The quantitative estimate of drug-likeness (QED) is 0.0233. The number of alkyl carbamates (subject to hydrolysis) is 1. The molecule has 0 radical (unpaired) electrons. The van der Waals surface area contributed by atoms with E-state index in [1.54, 1.807) is 6.92 Å². The number of aromatic nitrogens is 4. The fourth-order valence-corrected chi connectivity index (χ4v) is 10.7. The van der Waals surface area contributed by atoms with Gasteiger partial charge in [0.25, 0.3) is 5.56 Å². The van der Waals surface area contributed by atoms with Gasteiger partial charge in [0.2, 0.25) is 33.1 Å². The second kappa shape index (κ2) is 25.0. The summed E-state index contributed by atoms with van der Waals surface area (Å²) >= 11 is 6.53. The molecule has 440 valence electrons. The summed E-state index contributed by atoms with van der Waals surface area (Å²) in [6, 6.07) is 5.86. The Bertz CT molecular complexity index is 3650. The van der Waals surface area contributed by atoms with E-state index >= 15 is 4.39 Å². The molecule has 83 heavy (non-hydrogen) atoms. The number of aliphatic hydroxyl groups is 4. The molecule has 2 aromatic carbocycles. The Hall–Kier alpha value is -7.72. The smallest absolute Gasteiger partial charge is 0.407 e. The van der Waals surface area contributed by atoms with Gasteiger partial charge >= 0.3 is 18.0 Å². The molecule has 4 aliphatic rings. The van der Waals surface area contributed by atoms with Gasteiger partial charge in [-0.25, -0.2) is 42.1 Å². The van der Waals surface area contributed by atoms with Crippen molar-refractivity contribution in [2.45, 2.75) is 113 Å². The third kappa shape index (κ3) is 12.8. The molecule has 5 aromatic rings. The average Bonchev–Trinajstić information content (AvgIpc) is 1.87. The molecule has 6 heterocycles. The van der Waals surface area contributed by atoms with E-state index in [2.05, 4.69) is 37.8 Å². The molecule has 0 unspecified atom stereocenters. The van der Waals surface area contributed by atoms with E-state index in [-0.39, 0.29) is 126 Å². The zero-order valence-corrected chi connectivity index (χ0v) is 45.9. The number of nitrogens with zero attached hydrogens (tertiary/aromatic N) is 4. The van der Waals surface area contributed by atoms with Crippen LogP contribution < -0.4 is 26.2 Å². The van der Waals surface area contributed by atoms with Crippen LogP contribution in [-0.2, 0) is 84.5 Å². The molecule has 9 rings (SSSR count). The standard InChI is InChI=1S/C54H55ClFN7O19S/c1-3-54(74)31-18-36-43-29(22-63(36)48(69)30(31)24-79-51(54)72)41-33(11-10-28-40(41)35(61-43)19-32(56)42(28)55)62-53(73)80-23-26-9-12-37(81-50-46(68)44(66)45(67)47(82-50)49(70)71)34(17-26)60-39(65)25-78-16-15-77-14-13-57-38(64)8-6-4-5-7-27-20-58-52(59-21-27)83(2,75)76/h9,12,17-21,33,44-47,50,66-68,74H,3-4,6,8,10-11,13-16,22-25H2,1-2H3,(H,57,64)(H,60,65)(H,62,73)(H,70,71)/t33-,44-,45-,46+,47-,50+,54-/m0/s1. The number of aliphatic carboxylic acids is 1. The van der Waals surface area contributed by atoms with Crippen LogP contribution in [0.5, 0.6) is 5.75 Å². The molecule has 3 amide bonds. The Labute approximate surface area is 476 Å². The Balaban J connectivity index is 0.825. The fraction of sp³-hybridized carbons (Fsp3) is 0.426. The molecular formula is C54H55ClFN7O19S. The molecule has 0 saturated carbocycles. The molecule has 8 N–H and O–H groups in total. The highest BCUT2D eigenvalue weighted by Gasteiger charge is 2.49. The number of carboxylic acids is 1. The predicted molar refractivity (Wildman–Crippen MR) is 284 cm³/mol. The number of rotatable bonds is 20. The molecule has 0 bridgehead atoms. The highest BCUT2D eigenvalue weighted by atomic mass is 35.5. The number of aliphatic hydroxyl groups excluding tert-OH is 3. The summed E-state index contributed by atoms with van der Waals surface area (Å²) in [4.78, 5) is 90.4. The number of hydrogen-bond acceptors (Lipinski definition) is 21. The summed E-state index contributed by atoms with van der Waals surface area (Å²) < 4.78 is 72.7. The summed E-state index contributed by atoms with van der Waals surface area (Å²) in [7, 11) is -3.53. The van der Waals surface area contributed by atoms with E-state index in [1.807, 2.05) is 0 Å². The first-order chi connectivity index (χ1) is 39.6. The Morgan fingerprint density at radius 2 is 1.75 bits per heavy atom. The maximum atomic E-state index is 15.4. The minimum atomic E-state index is -3.53. The van der Waals surface area contributed by atoms with Crippen LogP contribution in [0.1, 0.15) is 84.0 Å². The maximum absolute atomic E-state index is 15.4. The number of cyclic esters (lactones) is 1. The van der Waals surface area contributed by atoms with E-state index in [4.69, 9.17) is 45.0 Å². The van der Waals surface area contributed by atoms with E-state index in [9.17, 15) is 62.7 Å². The average molecular weight is 1190 g/mol. The van der Waals surface area contributed by atoms with Gasteiger partial charge in [-0.1, -0.05) is 36.4 Å². The van der Waals surface area contributed by atoms with Gasteiger partial charge in [0.05, 0.1) is 71.1 Å². The second-order valence-electron chi connectivity index (χ2n) is 19.7. The van der Waals surface area contributed by atoms with Crippen molar-refractivity contribution in [2.24, 2.45) is 0 Å². The van der Waals surface area contributed by atoms with Crippen LogP contribution in [0.3, 0.4) is 0 Å². The summed E-state index contributed by atoms with van der Waals surface area (Å²) in [5.41, 5.74) is 0.195. The van der Waals surface area contributed by atoms with Crippen LogP contribution in [0.2, 0.25) is 5.02 Å². The van der Waals surface area contributed by atoms with Gasteiger partial charge in [-0.2, -0.15) is 0 Å². The molecule has 26 nitrogen and oxygen atoms in total. The fourth-order valence-electron chi connectivity index (χ4n) is 9.97. The minimum Gasteiger partial charge on any atom is -0.479 e. The monoisotopic (exact) mass is 1190 g/mol. The third-order valence-corrected chi connectivity index (χ3v) is 15.4. The molecule has 3 aliphatic heterocycles. The van der Waals surface area contributed by atoms with Crippen molar-refractivity contribution in [1.82, 2.24) is 30.2 Å². The largest absolute Gasteiger partial charge is 0.479 e. The van der Waals surface area contributed by atoms with Crippen molar-refractivity contribution in [3.63, 3.8) is 0 Å². The Morgan fingerprint density at radius 3 is 2.48 bits per heavy atom. The first-order valence-electron chi connectivity index (χ1n) is 26.0. The van der Waals surface area contributed by atoms with Crippen molar-refractivity contribution in [3.05, 3.63) is 103 Å². The van der Waals surface area contributed by atoms with Gasteiger partial charge in [0.1, 0.15) is 49.7 Å². The zero-order chi connectivity index (χ0) is 59.5. The molecule has 7 atom stereocenters. The van der Waals surface area contributed by atoms with E-state index < -0.39 is 101 Å². The number of carbonyl (C=O) groups excluding carboxylic acids is 4. The lowest BCUT2D eigenvalue weighted by Gasteiger charge is -2.38. The Morgan fingerprint density at radius 1 is 0.988 bits per heavy atom. The lowest BCUT2D eigenvalue weighted by atomic mass is 9.83. The molecular weight excluding hydrogens is 1140 g/mol. The second-order valence-corrected chi connectivity index (χ2v) is 22.0. The number of pyridine rings is 2. The number of amides is 3. The van der Waals surface area contributed by atoms with Gasteiger partial charge in [0, 0.05) is 60.6 Å². The van der Waals surface area contributed by atoms with Gasteiger partial charge in [-0.05, 0) is 60.6 Å². The number of fused-ring (bicyclic) bond motifs is 5. The number of ether oxygens (including phenoxy) is 6. The predicted octanol–water partition coefficient (Wildman–Crippen LogP) is 1.56. The van der Waals surface area contributed by atoms with Gasteiger partial charge < -0.3 is 74.5 Å². The number of hydrogen-bond donors (Lipinski definition) is 8. The third-order valence-electron chi connectivity index (χ3n) is 14.1. The molecule has 29 heteroatoms. The van der Waals surface area contributed by atoms with Gasteiger partial charge in [-0.3, -0.25) is 14.4 Å². The first-order valence-corrected chi connectivity index (χ1v) is 28.2. The van der Waals surface area contributed by atoms with Gasteiger partial charge in [0.15, 0.2) is 11.7 Å². The lowest BCUT2D eigenvalue weighted by molar-refractivity contribution is -0.271. The van der Waals surface area contributed by atoms with Crippen molar-refractivity contribution in [2.75, 3.05) is 44.5 Å². The number of nitrogens with one attached hydrogen (secondary N) is 3. The maximum Gasteiger partial charge on any atom is 0.407 e. The number of benzene rings is 2. The number of carboxylic acid groups (broad SMARTS) is 1. The molecule has 1 saturated heterocycles. The van der Waals surface area contributed by atoms with E-state index in [0.717, 1.165) is 12.3 Å². The van der Waals surface area contributed by atoms with Crippen LogP contribution in [0, 0.1) is 17.7 Å². The SMILES string of the molecule is CC[C@@]1(O)C(=O)OCc2c1cc1n(c2=O)Cc2c-1nc1cc(F)c(Cl)c3c1c2[C@@H](NC(=O)OCc1ccc(O[C@@H]2O[C@H](C(=O)O)[C@@H](O)[C@H](O)[C@H]2O)c(NC(=O)COCCOCCNC(=O)CCCC#Cc2cnc(S(C)(=O)=O)nc2)c1)CC3. The summed E-state index contributed by atoms with van der Waals surface area (Å²) in [5.74, 6) is 1.17. The minimum absolute atomic E-state index is 0.0273. The van der Waals surface area contributed by atoms with Crippen molar-refractivity contribution in [1.29, 1.82) is 0 Å². The molecule has 1 fully saturated rings. The topological polar surface area (TPSA) is 373 Å². The number of carbonyl (C=O) groups is 5. The number of halogens is 2. The van der Waals surface area contributed by atoms with Crippen molar-refractivity contribution in [3.8, 4) is 29.0 Å². The highest BCUT2D eigenvalue weighted by molar-refractivity contribution is 7.90. The highest BCUT2D eigenvalue weighted by Crippen LogP contribution is 2.47. The Kier molecular flexibility index (Phi) is 18.0. The van der Waals surface area contributed by atoms with E-state index in [0.29, 0.717) is 40.5 Å². The summed E-state index contributed by atoms with van der Waals surface area (Å²) in [6.07, 6.45) is -5.90. The number of unbranched alkanes of at least 4 members (excludes halogenated alkanes) is 1. The van der Waals surface area contributed by atoms with Crippen molar-refractivity contribution < 1.29 is 90.7 Å². The number of anilines is 1. The first kappa shape index (κ1) is 59.9. The summed E-state index contributed by atoms with van der Waals surface area (Å²) in [6.45, 7) is 0.442. The molecule has 0 spiro atoms. The number of aryl methyl sites for hydroxylation is 1. The van der Waals surface area contributed by atoms with Crippen LogP contribution in [0.4, 0.5) is 14.9 Å². The number of sulfone groups is 1. The van der Waals surface area contributed by atoms with Crippen LogP contribution in [-0.4, -0.2) is 153 Å². The van der Waals surface area contributed by atoms with Crippen LogP contribution in [0.15, 0.2) is 52.7 Å². The normalized spacial score (nSPS) is 21.3. The van der Waals surface area contributed by atoms with Crippen LogP contribution in [0.25, 0.3) is 22.3 Å². The molecule has 3 aromatic heterocycles. The molecule has 1 aliphatic carbocycles. The van der Waals surface area contributed by atoms with Crippen LogP contribution >= 0.6 is 11.6 Å². The lowest BCUT2D eigenvalue weighted by Crippen LogP contribution is -2.61. The zero-order valence-electron chi connectivity index (χ0n) is 44.3.